The van der Waals surface area contributed by atoms with Gasteiger partial charge in [0.15, 0.2) is 6.10 Å². The van der Waals surface area contributed by atoms with E-state index in [1.165, 1.54) is 0 Å². The lowest BCUT2D eigenvalue weighted by Crippen LogP contribution is -2.48. The fraction of sp³-hybridized carbons (Fsp3) is 0.524. The molecule has 2 fully saturated rings. The first-order chi connectivity index (χ1) is 13.9. The van der Waals surface area contributed by atoms with Crippen LogP contribution in [0.3, 0.4) is 0 Å². The second-order valence-corrected chi connectivity index (χ2v) is 7.43. The maximum atomic E-state index is 12.8. The van der Waals surface area contributed by atoms with E-state index in [0.717, 1.165) is 30.6 Å². The van der Waals surface area contributed by atoms with E-state index in [-0.39, 0.29) is 36.5 Å². The molecule has 2 saturated heterocycles. The maximum Gasteiger partial charge on any atom is 0.339 e. The molecule has 2 aliphatic heterocycles. The van der Waals surface area contributed by atoms with Gasteiger partial charge in [-0.25, -0.2) is 9.59 Å². The van der Waals surface area contributed by atoms with E-state index in [4.69, 9.17) is 4.74 Å². The summed E-state index contributed by atoms with van der Waals surface area (Å²) < 4.78 is 5.47. The van der Waals surface area contributed by atoms with Crippen molar-refractivity contribution < 1.29 is 23.9 Å². The zero-order valence-corrected chi connectivity index (χ0v) is 16.8. The highest BCUT2D eigenvalue weighted by Crippen LogP contribution is 2.22. The normalized spacial score (nSPS) is 20.4. The van der Waals surface area contributed by atoms with Gasteiger partial charge >= 0.3 is 12.0 Å². The van der Waals surface area contributed by atoms with Crippen LogP contribution < -0.4 is 5.32 Å². The van der Waals surface area contributed by atoms with Crippen LogP contribution in [0, 0.1) is 0 Å². The zero-order valence-electron chi connectivity index (χ0n) is 16.8. The average molecular weight is 401 g/mol. The summed E-state index contributed by atoms with van der Waals surface area (Å²) in [6.07, 6.45) is 3.00. The molecule has 0 radical (unpaired) electrons. The summed E-state index contributed by atoms with van der Waals surface area (Å²) in [4.78, 5) is 52.1. The summed E-state index contributed by atoms with van der Waals surface area (Å²) in [6.45, 7) is 4.25. The van der Waals surface area contributed by atoms with Crippen molar-refractivity contribution in [2.45, 2.75) is 58.2 Å². The molecule has 0 spiro atoms. The lowest BCUT2D eigenvalue weighted by Gasteiger charge is -2.36. The van der Waals surface area contributed by atoms with Gasteiger partial charge in [0.05, 0.1) is 18.7 Å². The van der Waals surface area contributed by atoms with Crippen LogP contribution in [0.1, 0.15) is 55.5 Å². The molecule has 2 aliphatic rings. The predicted octanol–water partition coefficient (Wildman–Crippen LogP) is 2.07. The Kier molecular flexibility index (Phi) is 6.51. The Morgan fingerprint density at radius 3 is 2.69 bits per heavy atom. The largest absolute Gasteiger partial charge is 0.449 e. The molecule has 156 valence electrons. The van der Waals surface area contributed by atoms with Gasteiger partial charge in [-0.05, 0) is 44.2 Å². The number of piperidine rings is 1. The number of hydrogen-bond acceptors (Lipinski definition) is 5. The van der Waals surface area contributed by atoms with Crippen LogP contribution >= 0.6 is 0 Å². The average Bonchev–Trinajstić information content (AvgIpc) is 3.05. The zero-order chi connectivity index (χ0) is 21.0. The fourth-order valence-corrected chi connectivity index (χ4v) is 3.87. The Morgan fingerprint density at radius 1 is 1.24 bits per heavy atom. The van der Waals surface area contributed by atoms with Crippen LogP contribution in [0.4, 0.5) is 4.79 Å². The number of nitrogens with zero attached hydrogens (tertiary/aromatic N) is 2. The summed E-state index contributed by atoms with van der Waals surface area (Å²) >= 11 is 0. The van der Waals surface area contributed by atoms with E-state index in [9.17, 15) is 19.2 Å². The minimum absolute atomic E-state index is 0.0255. The quantitative estimate of drug-likeness (QED) is 0.582. The minimum atomic E-state index is -0.903. The Bertz CT molecular complexity index is 793. The summed E-state index contributed by atoms with van der Waals surface area (Å²) in [5, 5.41) is 2.45. The van der Waals surface area contributed by atoms with Gasteiger partial charge in [0.1, 0.15) is 0 Å². The fourth-order valence-electron chi connectivity index (χ4n) is 3.87. The van der Waals surface area contributed by atoms with Crippen molar-refractivity contribution >= 4 is 23.8 Å². The smallest absolute Gasteiger partial charge is 0.339 e. The summed E-state index contributed by atoms with van der Waals surface area (Å²) in [5.74, 6) is -1.17. The summed E-state index contributed by atoms with van der Waals surface area (Å²) in [5.41, 5.74) is 0.734. The molecular formula is C21H27N3O5. The number of nitrogens with one attached hydrogen (secondary N) is 1. The number of carbonyl (C=O) groups excluding carboxylic acids is 4. The molecule has 2 heterocycles. The summed E-state index contributed by atoms with van der Waals surface area (Å²) in [6, 6.07) is 6.33. The van der Waals surface area contributed by atoms with Crippen molar-refractivity contribution in [3.8, 4) is 0 Å². The third-order valence-corrected chi connectivity index (χ3v) is 5.52. The van der Waals surface area contributed by atoms with E-state index in [2.05, 4.69) is 12.2 Å². The molecule has 2 atom stereocenters. The number of likely N-dealkylation sites (tertiary alicyclic amines) is 1. The van der Waals surface area contributed by atoms with E-state index in [1.54, 1.807) is 31.2 Å². The number of hydrogen-bond donors (Lipinski definition) is 1. The molecule has 0 aliphatic carbocycles. The molecule has 2 unspecified atom stereocenters. The van der Waals surface area contributed by atoms with Gasteiger partial charge in [-0.2, -0.15) is 0 Å². The molecule has 0 bridgehead atoms. The number of rotatable bonds is 6. The molecule has 3 rings (SSSR count). The molecule has 29 heavy (non-hydrogen) atoms. The lowest BCUT2D eigenvalue weighted by molar-refractivity contribution is -0.143. The van der Waals surface area contributed by atoms with Crippen molar-refractivity contribution in [2.24, 2.45) is 0 Å². The van der Waals surface area contributed by atoms with Gasteiger partial charge in [0.2, 0.25) is 5.91 Å². The van der Waals surface area contributed by atoms with Crippen LogP contribution in [-0.2, 0) is 20.9 Å². The number of carbonyl (C=O) groups is 4. The number of urea groups is 1. The molecule has 1 aromatic rings. The predicted molar refractivity (Wildman–Crippen MR) is 105 cm³/mol. The molecule has 4 amide bonds. The Morgan fingerprint density at radius 2 is 2.00 bits per heavy atom. The number of benzene rings is 1. The van der Waals surface area contributed by atoms with Crippen molar-refractivity contribution in [1.29, 1.82) is 0 Å². The second-order valence-electron chi connectivity index (χ2n) is 7.43. The first-order valence-electron chi connectivity index (χ1n) is 10.1. The molecule has 0 saturated carbocycles. The van der Waals surface area contributed by atoms with Crippen LogP contribution in [0.25, 0.3) is 0 Å². The third-order valence-electron chi connectivity index (χ3n) is 5.52. The molecule has 1 N–H and O–H groups in total. The van der Waals surface area contributed by atoms with Crippen molar-refractivity contribution in [1.82, 2.24) is 15.1 Å². The monoisotopic (exact) mass is 401 g/mol. The third kappa shape index (κ3) is 4.58. The van der Waals surface area contributed by atoms with Crippen LogP contribution in [0.15, 0.2) is 24.3 Å². The molecular weight excluding hydrogens is 374 g/mol. The van der Waals surface area contributed by atoms with Gasteiger partial charge in [0.25, 0.3) is 5.91 Å². The van der Waals surface area contributed by atoms with Crippen LogP contribution in [0.5, 0.6) is 0 Å². The first kappa shape index (κ1) is 20.8. The molecule has 8 heteroatoms. The van der Waals surface area contributed by atoms with Crippen LogP contribution in [0.2, 0.25) is 0 Å². The van der Waals surface area contributed by atoms with Crippen molar-refractivity contribution in [3.05, 3.63) is 35.4 Å². The standard InChI is InChI=1S/C21H27N3O5/c1-3-16-9-6-7-11-23(16)19(26)14(2)29-20(27)17-10-5-4-8-15(17)13-24-18(25)12-22-21(24)28/h4-5,8,10,14,16H,3,6-7,9,11-13H2,1-2H3,(H,22,28). The first-order valence-corrected chi connectivity index (χ1v) is 10.1. The molecule has 1 aromatic carbocycles. The topological polar surface area (TPSA) is 96.0 Å². The molecule has 8 nitrogen and oxygen atoms in total. The number of esters is 1. The van der Waals surface area contributed by atoms with E-state index < -0.39 is 18.1 Å². The second kappa shape index (κ2) is 9.07. The van der Waals surface area contributed by atoms with E-state index >= 15 is 0 Å². The van der Waals surface area contributed by atoms with E-state index in [1.807, 2.05) is 4.90 Å². The molecule has 0 aromatic heterocycles. The number of amides is 4. The Balaban J connectivity index is 1.69. The van der Waals surface area contributed by atoms with Crippen molar-refractivity contribution in [2.75, 3.05) is 13.1 Å². The SMILES string of the molecule is CCC1CCCCN1C(=O)C(C)OC(=O)c1ccccc1CN1C(=O)CNC1=O. The van der Waals surface area contributed by atoms with Gasteiger partial charge in [-0.3, -0.25) is 14.5 Å². The van der Waals surface area contributed by atoms with Gasteiger partial charge in [0, 0.05) is 12.6 Å². The van der Waals surface area contributed by atoms with Gasteiger partial charge < -0.3 is 15.0 Å². The van der Waals surface area contributed by atoms with Gasteiger partial charge in [-0.1, -0.05) is 25.1 Å². The minimum Gasteiger partial charge on any atom is -0.449 e. The lowest BCUT2D eigenvalue weighted by atomic mass is 9.99. The number of imide groups is 1. The van der Waals surface area contributed by atoms with Gasteiger partial charge in [-0.15, -0.1) is 0 Å². The Hall–Kier alpha value is -2.90. The van der Waals surface area contributed by atoms with E-state index in [0.29, 0.717) is 12.1 Å². The highest BCUT2D eigenvalue weighted by atomic mass is 16.5. The van der Waals surface area contributed by atoms with Crippen molar-refractivity contribution in [3.63, 3.8) is 0 Å². The van der Waals surface area contributed by atoms with Crippen LogP contribution in [-0.4, -0.2) is 58.8 Å². The summed E-state index contributed by atoms with van der Waals surface area (Å²) in [7, 11) is 0. The highest BCUT2D eigenvalue weighted by Gasteiger charge is 2.32. The maximum absolute atomic E-state index is 12.8. The Labute approximate surface area is 170 Å². The number of ether oxygens (including phenoxy) is 1. The highest BCUT2D eigenvalue weighted by molar-refractivity contribution is 6.02.